The van der Waals surface area contributed by atoms with Crippen LogP contribution < -0.4 is 10.2 Å². The largest absolute Gasteiger partial charge is 0.453 e. The number of Topliss-reactive ketones (excluding diaryl/α,β-unsaturated/α-hetero) is 1. The Hall–Kier alpha value is -4.21. The summed E-state index contributed by atoms with van der Waals surface area (Å²) in [5.41, 5.74) is 4.01. The summed E-state index contributed by atoms with van der Waals surface area (Å²) in [6, 6.07) is 9.21. The van der Waals surface area contributed by atoms with Crippen LogP contribution in [0.5, 0.6) is 0 Å². The standard InChI is InChI=1S/C23H21N5O5/c1-32-22(30)26-11-21-19-9-16-8-14(3-5-18(16)28(19)23(31)33-21)15-2-4-17(25-10-15)20(29)12-27-7-6-24-13-27/h2-8,10,13,19,21H,9,11-12H2,1H3,(H,26,30)/t19?,21-/m0/s1. The Morgan fingerprint density at radius 3 is 2.82 bits per heavy atom. The second-order valence-corrected chi connectivity index (χ2v) is 7.87. The van der Waals surface area contributed by atoms with E-state index in [1.165, 1.54) is 7.11 Å². The molecule has 4 heterocycles. The molecule has 2 aromatic heterocycles. The second kappa shape index (κ2) is 8.38. The summed E-state index contributed by atoms with van der Waals surface area (Å²) >= 11 is 0. The average molecular weight is 447 g/mol. The van der Waals surface area contributed by atoms with Crippen molar-refractivity contribution in [3.05, 3.63) is 66.5 Å². The summed E-state index contributed by atoms with van der Waals surface area (Å²) < 4.78 is 11.7. The summed E-state index contributed by atoms with van der Waals surface area (Å²) in [7, 11) is 1.28. The number of ether oxygens (including phenoxy) is 2. The first-order valence-corrected chi connectivity index (χ1v) is 10.4. The predicted molar refractivity (Wildman–Crippen MR) is 117 cm³/mol. The first kappa shape index (κ1) is 20.7. The lowest BCUT2D eigenvalue weighted by atomic mass is 10.0. The zero-order valence-electron chi connectivity index (χ0n) is 17.8. The summed E-state index contributed by atoms with van der Waals surface area (Å²) in [5.74, 6) is -0.0979. The van der Waals surface area contributed by atoms with Gasteiger partial charge in [0.15, 0.2) is 0 Å². The van der Waals surface area contributed by atoms with Crippen LogP contribution >= 0.6 is 0 Å². The highest BCUT2D eigenvalue weighted by Gasteiger charge is 2.47. The number of hydrogen-bond donors (Lipinski definition) is 1. The number of methoxy groups -OCH3 is 1. The molecule has 33 heavy (non-hydrogen) atoms. The lowest BCUT2D eigenvalue weighted by molar-refractivity contribution is 0.0967. The van der Waals surface area contributed by atoms with Crippen LogP contribution in [0, 0.1) is 0 Å². The van der Waals surface area contributed by atoms with Gasteiger partial charge in [-0.2, -0.15) is 0 Å². The van der Waals surface area contributed by atoms with E-state index in [-0.39, 0.29) is 24.9 Å². The minimum absolute atomic E-state index is 0.0979. The van der Waals surface area contributed by atoms with E-state index in [1.807, 2.05) is 24.3 Å². The molecule has 2 aliphatic heterocycles. The maximum Gasteiger partial charge on any atom is 0.415 e. The molecule has 1 unspecified atom stereocenters. The molecule has 10 heteroatoms. The molecule has 3 aromatic rings. The first-order chi connectivity index (χ1) is 16.0. The summed E-state index contributed by atoms with van der Waals surface area (Å²) in [5, 5.41) is 2.59. The van der Waals surface area contributed by atoms with Crippen LogP contribution in [-0.4, -0.2) is 58.3 Å². The minimum atomic E-state index is -0.568. The van der Waals surface area contributed by atoms with Gasteiger partial charge in [-0.25, -0.2) is 14.6 Å². The first-order valence-electron chi connectivity index (χ1n) is 10.4. The van der Waals surface area contributed by atoms with E-state index in [2.05, 4.69) is 20.0 Å². The minimum Gasteiger partial charge on any atom is -0.453 e. The summed E-state index contributed by atoms with van der Waals surface area (Å²) in [4.78, 5) is 46.1. The number of rotatable bonds is 6. The van der Waals surface area contributed by atoms with Gasteiger partial charge in [-0.1, -0.05) is 12.1 Å². The fourth-order valence-electron chi connectivity index (χ4n) is 4.25. The third-order valence-corrected chi connectivity index (χ3v) is 5.88. The Morgan fingerprint density at radius 1 is 1.24 bits per heavy atom. The molecule has 0 aliphatic carbocycles. The van der Waals surface area contributed by atoms with E-state index >= 15 is 0 Å². The fourth-order valence-corrected chi connectivity index (χ4v) is 4.25. The van der Waals surface area contributed by atoms with Gasteiger partial charge in [-0.3, -0.25) is 14.7 Å². The number of alkyl carbamates (subject to hydrolysis) is 1. The maximum atomic E-state index is 12.4. The highest BCUT2D eigenvalue weighted by atomic mass is 16.6. The molecule has 0 radical (unpaired) electrons. The second-order valence-electron chi connectivity index (χ2n) is 7.87. The van der Waals surface area contributed by atoms with Gasteiger partial charge in [0.1, 0.15) is 11.8 Å². The Kier molecular flexibility index (Phi) is 5.25. The smallest absolute Gasteiger partial charge is 0.415 e. The highest BCUT2D eigenvalue weighted by Crippen LogP contribution is 2.40. The number of carbonyl (C=O) groups excluding carboxylic acids is 3. The molecular formula is C23H21N5O5. The molecule has 0 bridgehead atoms. The Labute approximate surface area is 189 Å². The number of benzene rings is 1. The molecule has 1 N–H and O–H groups in total. The van der Waals surface area contributed by atoms with Gasteiger partial charge < -0.3 is 19.4 Å². The molecule has 1 saturated heterocycles. The SMILES string of the molecule is COC(=O)NC[C@@H]1OC(=O)N2c3ccc(-c4ccc(C(=O)Cn5ccnc5)nc4)cc3CC12. The van der Waals surface area contributed by atoms with Crippen LogP contribution in [0.3, 0.4) is 0 Å². The maximum absolute atomic E-state index is 12.4. The van der Waals surface area contributed by atoms with Gasteiger partial charge in [0, 0.05) is 24.2 Å². The average Bonchev–Trinajstić information content (AvgIpc) is 3.54. The normalized spacial score (nSPS) is 18.5. The van der Waals surface area contributed by atoms with E-state index in [0.29, 0.717) is 12.1 Å². The Morgan fingerprint density at radius 2 is 2.09 bits per heavy atom. The molecular weight excluding hydrogens is 426 g/mol. The number of aromatic nitrogens is 3. The monoisotopic (exact) mass is 447 g/mol. The molecule has 2 atom stereocenters. The molecule has 1 aromatic carbocycles. The molecule has 2 aliphatic rings. The van der Waals surface area contributed by atoms with Gasteiger partial charge in [-0.05, 0) is 35.7 Å². The lowest BCUT2D eigenvalue weighted by Gasteiger charge is -2.16. The van der Waals surface area contributed by atoms with E-state index < -0.39 is 18.3 Å². The van der Waals surface area contributed by atoms with Crippen LogP contribution in [0.15, 0.2) is 55.2 Å². The van der Waals surface area contributed by atoms with Gasteiger partial charge in [-0.15, -0.1) is 0 Å². The van der Waals surface area contributed by atoms with Gasteiger partial charge >= 0.3 is 12.2 Å². The number of anilines is 1. The van der Waals surface area contributed by atoms with Gasteiger partial charge in [0.25, 0.3) is 0 Å². The van der Waals surface area contributed by atoms with E-state index in [1.54, 1.807) is 40.5 Å². The van der Waals surface area contributed by atoms with Crippen molar-refractivity contribution >= 4 is 23.7 Å². The number of amides is 2. The third-order valence-electron chi connectivity index (χ3n) is 5.88. The Bertz CT molecular complexity index is 1210. The molecule has 1 fully saturated rings. The number of fused-ring (bicyclic) bond motifs is 3. The topological polar surface area (TPSA) is 116 Å². The number of cyclic esters (lactones) is 1. The molecule has 0 spiro atoms. The number of nitrogens with one attached hydrogen (secondary N) is 1. The van der Waals surface area contributed by atoms with E-state index in [0.717, 1.165) is 22.4 Å². The number of hydrogen-bond acceptors (Lipinski definition) is 7. The Balaban J connectivity index is 1.31. The van der Waals surface area contributed by atoms with E-state index in [9.17, 15) is 14.4 Å². The number of pyridine rings is 1. The van der Waals surface area contributed by atoms with Gasteiger partial charge in [0.05, 0.1) is 38.3 Å². The van der Waals surface area contributed by atoms with Crippen LogP contribution in [0.2, 0.25) is 0 Å². The van der Waals surface area contributed by atoms with Crippen molar-refractivity contribution in [2.45, 2.75) is 25.1 Å². The van der Waals surface area contributed by atoms with Crippen molar-refractivity contribution in [3.8, 4) is 11.1 Å². The molecule has 5 rings (SSSR count). The highest BCUT2D eigenvalue weighted by molar-refractivity contribution is 5.95. The van der Waals surface area contributed by atoms with Gasteiger partial charge in [0.2, 0.25) is 5.78 Å². The van der Waals surface area contributed by atoms with Crippen molar-refractivity contribution in [1.82, 2.24) is 19.9 Å². The van der Waals surface area contributed by atoms with Crippen molar-refractivity contribution in [2.24, 2.45) is 0 Å². The fraction of sp³-hybridized carbons (Fsp3) is 0.261. The van der Waals surface area contributed by atoms with Crippen molar-refractivity contribution in [2.75, 3.05) is 18.6 Å². The van der Waals surface area contributed by atoms with Crippen LogP contribution in [0.4, 0.5) is 15.3 Å². The number of ketones is 1. The van der Waals surface area contributed by atoms with Crippen molar-refractivity contribution < 1.29 is 23.9 Å². The van der Waals surface area contributed by atoms with Crippen molar-refractivity contribution in [1.29, 1.82) is 0 Å². The number of nitrogens with zero attached hydrogens (tertiary/aromatic N) is 4. The molecule has 2 amide bonds. The zero-order chi connectivity index (χ0) is 22.9. The van der Waals surface area contributed by atoms with E-state index in [4.69, 9.17) is 4.74 Å². The number of imidazole rings is 1. The van der Waals surface area contributed by atoms with Crippen LogP contribution in [0.25, 0.3) is 11.1 Å². The van der Waals surface area contributed by atoms with Crippen LogP contribution in [-0.2, 0) is 22.4 Å². The lowest BCUT2D eigenvalue weighted by Crippen LogP contribution is -2.40. The predicted octanol–water partition coefficient (Wildman–Crippen LogP) is 2.43. The van der Waals surface area contributed by atoms with Crippen LogP contribution in [0.1, 0.15) is 16.1 Å². The zero-order valence-corrected chi connectivity index (χ0v) is 17.8. The molecule has 0 saturated carbocycles. The summed E-state index contributed by atoms with van der Waals surface area (Å²) in [6.45, 7) is 0.365. The summed E-state index contributed by atoms with van der Waals surface area (Å²) in [6.07, 6.45) is 5.78. The quantitative estimate of drug-likeness (QED) is 0.577. The third kappa shape index (κ3) is 3.91. The number of carbonyl (C=O) groups is 3. The molecule has 10 nitrogen and oxygen atoms in total. The van der Waals surface area contributed by atoms with Crippen molar-refractivity contribution in [3.63, 3.8) is 0 Å². The molecule has 168 valence electrons.